The quantitative estimate of drug-likeness (QED) is 0.172. The molecule has 3 aromatic rings. The minimum absolute atomic E-state index is 0.178. The molecule has 1 amide bonds. The van der Waals surface area contributed by atoms with Crippen LogP contribution in [0.5, 0.6) is 0 Å². The highest BCUT2D eigenvalue weighted by molar-refractivity contribution is 7.18. The van der Waals surface area contributed by atoms with E-state index in [-0.39, 0.29) is 18.3 Å². The van der Waals surface area contributed by atoms with Crippen molar-refractivity contribution in [3.8, 4) is 10.6 Å². The highest BCUT2D eigenvalue weighted by Crippen LogP contribution is 2.33. The maximum atomic E-state index is 13.4. The van der Waals surface area contributed by atoms with Crippen molar-refractivity contribution in [1.29, 1.82) is 0 Å². The zero-order valence-corrected chi connectivity index (χ0v) is 24.1. The molecule has 2 aromatic carbocycles. The molecule has 0 radical (unpaired) electrons. The van der Waals surface area contributed by atoms with Crippen LogP contribution in [-0.2, 0) is 20.9 Å². The second kappa shape index (κ2) is 13.3. The molecule has 0 aliphatic carbocycles. The molecule has 8 nitrogen and oxygen atoms in total. The number of carbonyl (C=O) groups excluding carboxylic acids is 3. The van der Waals surface area contributed by atoms with Gasteiger partial charge < -0.3 is 4.74 Å². The lowest BCUT2D eigenvalue weighted by Crippen LogP contribution is -2.36. The van der Waals surface area contributed by atoms with Crippen molar-refractivity contribution in [2.45, 2.75) is 53.0 Å². The Balaban J connectivity index is 1.50. The van der Waals surface area contributed by atoms with E-state index in [0.717, 1.165) is 54.2 Å². The Labute approximate surface area is 237 Å². The van der Waals surface area contributed by atoms with E-state index in [2.05, 4.69) is 52.7 Å². The number of hydrogen-bond acceptors (Lipinski definition) is 8. The van der Waals surface area contributed by atoms with Crippen LogP contribution in [0.25, 0.3) is 10.6 Å². The third-order valence-electron chi connectivity index (χ3n) is 7.14. The van der Waals surface area contributed by atoms with E-state index in [1.54, 1.807) is 29.2 Å². The largest absolute Gasteiger partial charge is 0.395 e. The van der Waals surface area contributed by atoms with Crippen LogP contribution < -0.4 is 4.90 Å². The van der Waals surface area contributed by atoms with Gasteiger partial charge in [-0.25, -0.2) is 0 Å². The van der Waals surface area contributed by atoms with E-state index in [4.69, 9.17) is 11.6 Å². The second-order valence-corrected chi connectivity index (χ2v) is 11.2. The van der Waals surface area contributed by atoms with E-state index in [0.29, 0.717) is 35.1 Å². The first-order chi connectivity index (χ1) is 18.8. The molecule has 1 fully saturated rings. The zero-order valence-electron chi connectivity index (χ0n) is 22.5. The highest BCUT2D eigenvalue weighted by atomic mass is 35.5. The standard InChI is InChI=1S/C29H33ClN4O4S/c1-4-5-12-34(27(36)23-8-6-7-9-25(23)30)29-32-31-26(39-29)22-15-19(2)24(20(3)16-22)17-33-13-10-21(11-14-33)28(37)38-18-35/h6-9,15-16,18,21H,4-5,10-14,17H2,1-3H3. The Morgan fingerprint density at radius 1 is 1.15 bits per heavy atom. The van der Waals surface area contributed by atoms with Crippen LogP contribution in [0.15, 0.2) is 36.4 Å². The minimum atomic E-state index is -0.431. The molecule has 10 heteroatoms. The molecule has 0 atom stereocenters. The number of aryl methyl sites for hydroxylation is 2. The molecule has 1 aliphatic heterocycles. The minimum Gasteiger partial charge on any atom is -0.395 e. The maximum absolute atomic E-state index is 13.4. The second-order valence-electron chi connectivity index (χ2n) is 9.85. The number of aromatic nitrogens is 2. The van der Waals surface area contributed by atoms with Gasteiger partial charge in [-0.15, -0.1) is 10.2 Å². The molecule has 0 bridgehead atoms. The van der Waals surface area contributed by atoms with Gasteiger partial charge in [0.15, 0.2) is 0 Å². The van der Waals surface area contributed by atoms with Gasteiger partial charge in [0.05, 0.1) is 16.5 Å². The van der Waals surface area contributed by atoms with Crippen LogP contribution in [0.1, 0.15) is 59.7 Å². The van der Waals surface area contributed by atoms with Gasteiger partial charge in [-0.3, -0.25) is 24.2 Å². The predicted octanol–water partition coefficient (Wildman–Crippen LogP) is 5.83. The number of hydrogen-bond donors (Lipinski definition) is 0. The molecular formula is C29H33ClN4O4S. The van der Waals surface area contributed by atoms with Crippen molar-refractivity contribution < 1.29 is 19.1 Å². The Morgan fingerprint density at radius 3 is 2.49 bits per heavy atom. The first-order valence-electron chi connectivity index (χ1n) is 13.2. The molecule has 39 heavy (non-hydrogen) atoms. The van der Waals surface area contributed by atoms with Gasteiger partial charge in [-0.1, -0.05) is 48.4 Å². The number of amides is 1. The van der Waals surface area contributed by atoms with Crippen molar-refractivity contribution in [1.82, 2.24) is 15.1 Å². The summed E-state index contributed by atoms with van der Waals surface area (Å²) in [6, 6.07) is 11.3. The molecule has 0 spiro atoms. The maximum Gasteiger partial charge on any atom is 0.316 e. The lowest BCUT2D eigenvalue weighted by Gasteiger charge is -2.31. The first kappa shape index (κ1) is 28.9. The number of benzene rings is 2. The summed E-state index contributed by atoms with van der Waals surface area (Å²) < 4.78 is 4.53. The summed E-state index contributed by atoms with van der Waals surface area (Å²) in [5, 5.41) is 10.6. The third kappa shape index (κ3) is 6.90. The van der Waals surface area contributed by atoms with Gasteiger partial charge in [0, 0.05) is 18.7 Å². The molecule has 2 heterocycles. The summed E-state index contributed by atoms with van der Waals surface area (Å²) >= 11 is 7.72. The zero-order chi connectivity index (χ0) is 27.9. The van der Waals surface area contributed by atoms with Crippen molar-refractivity contribution in [3.05, 3.63) is 63.7 Å². The number of rotatable bonds is 10. The number of esters is 1. The van der Waals surface area contributed by atoms with Crippen LogP contribution in [-0.4, -0.2) is 53.1 Å². The van der Waals surface area contributed by atoms with E-state index in [9.17, 15) is 14.4 Å². The number of anilines is 1. The molecule has 0 unspecified atom stereocenters. The lowest BCUT2D eigenvalue weighted by molar-refractivity contribution is -0.156. The summed E-state index contributed by atoms with van der Waals surface area (Å²) in [4.78, 5) is 39.7. The predicted molar refractivity (Wildman–Crippen MR) is 153 cm³/mol. The van der Waals surface area contributed by atoms with Gasteiger partial charge >= 0.3 is 12.4 Å². The molecule has 1 aromatic heterocycles. The Bertz CT molecular complexity index is 1310. The Morgan fingerprint density at radius 2 is 1.85 bits per heavy atom. The first-order valence-corrected chi connectivity index (χ1v) is 14.4. The topological polar surface area (TPSA) is 92.7 Å². The molecule has 1 aliphatic rings. The van der Waals surface area contributed by atoms with Crippen LogP contribution in [0.2, 0.25) is 5.02 Å². The smallest absolute Gasteiger partial charge is 0.316 e. The summed E-state index contributed by atoms with van der Waals surface area (Å²) in [6.07, 6.45) is 3.14. The average molecular weight is 569 g/mol. The summed E-state index contributed by atoms with van der Waals surface area (Å²) in [5.74, 6) is -0.827. The van der Waals surface area contributed by atoms with Crippen molar-refractivity contribution >= 4 is 46.4 Å². The van der Waals surface area contributed by atoms with Gasteiger partial charge in [-0.05, 0) is 87.2 Å². The fourth-order valence-corrected chi connectivity index (χ4v) is 5.95. The van der Waals surface area contributed by atoms with Crippen molar-refractivity contribution in [2.24, 2.45) is 5.92 Å². The molecule has 0 saturated carbocycles. The van der Waals surface area contributed by atoms with Crippen LogP contribution >= 0.6 is 22.9 Å². The summed E-state index contributed by atoms with van der Waals surface area (Å²) in [7, 11) is 0. The van der Waals surface area contributed by atoms with Crippen molar-refractivity contribution in [3.63, 3.8) is 0 Å². The molecule has 4 rings (SSSR count). The number of halogens is 1. The monoisotopic (exact) mass is 568 g/mol. The van der Waals surface area contributed by atoms with Gasteiger partial charge in [0.2, 0.25) is 5.13 Å². The summed E-state index contributed by atoms with van der Waals surface area (Å²) in [5.41, 5.74) is 4.97. The highest BCUT2D eigenvalue weighted by Gasteiger charge is 2.27. The number of nitrogens with zero attached hydrogens (tertiary/aromatic N) is 4. The molecular weight excluding hydrogens is 536 g/mol. The lowest BCUT2D eigenvalue weighted by atomic mass is 9.95. The van der Waals surface area contributed by atoms with Crippen molar-refractivity contribution in [2.75, 3.05) is 24.5 Å². The van der Waals surface area contributed by atoms with E-state index in [1.807, 2.05) is 0 Å². The van der Waals surface area contributed by atoms with E-state index < -0.39 is 5.97 Å². The number of piperidine rings is 1. The SMILES string of the molecule is CCCCN(C(=O)c1ccccc1Cl)c1nnc(-c2cc(C)c(CN3CCC(C(=O)OC=O)CC3)c(C)c2)s1. The molecule has 1 saturated heterocycles. The number of unbranched alkanes of at least 4 members (excludes halogenated alkanes) is 1. The van der Waals surface area contributed by atoms with E-state index in [1.165, 1.54) is 16.9 Å². The van der Waals surface area contributed by atoms with E-state index >= 15 is 0 Å². The fourth-order valence-electron chi connectivity index (χ4n) is 4.88. The molecule has 0 N–H and O–H groups in total. The molecule has 206 valence electrons. The number of ether oxygens (including phenoxy) is 1. The van der Waals surface area contributed by atoms with Crippen LogP contribution in [0.3, 0.4) is 0 Å². The summed E-state index contributed by atoms with van der Waals surface area (Å²) in [6.45, 7) is 9.34. The number of carbonyl (C=O) groups is 3. The van der Waals surface area contributed by atoms with Gasteiger partial charge in [-0.2, -0.15) is 0 Å². The third-order valence-corrected chi connectivity index (χ3v) is 8.46. The normalized spacial score (nSPS) is 14.3. The van der Waals surface area contributed by atoms with Crippen LogP contribution in [0, 0.1) is 19.8 Å². The Hall–Kier alpha value is -3.14. The van der Waals surface area contributed by atoms with Gasteiger partial charge in [0.1, 0.15) is 5.01 Å². The van der Waals surface area contributed by atoms with Crippen LogP contribution in [0.4, 0.5) is 5.13 Å². The number of likely N-dealkylation sites (tertiary alicyclic amines) is 1. The average Bonchev–Trinajstić information content (AvgIpc) is 3.41. The fraction of sp³-hybridized carbons (Fsp3) is 0.414. The Kier molecular flexibility index (Phi) is 9.83. The van der Waals surface area contributed by atoms with Gasteiger partial charge in [0.25, 0.3) is 5.91 Å².